The van der Waals surface area contributed by atoms with Gasteiger partial charge in [0.15, 0.2) is 0 Å². The number of anilines is 1. The molecule has 6 nitrogen and oxygen atoms in total. The summed E-state index contributed by atoms with van der Waals surface area (Å²) in [6.45, 7) is 4.46. The van der Waals surface area contributed by atoms with Gasteiger partial charge in [0.1, 0.15) is 11.3 Å². The lowest BCUT2D eigenvalue weighted by molar-refractivity contribution is -0.384. The Morgan fingerprint density at radius 1 is 1.53 bits per heavy atom. The van der Waals surface area contributed by atoms with E-state index < -0.39 is 10.9 Å². The highest BCUT2D eigenvalue weighted by molar-refractivity contribution is 5.95. The van der Waals surface area contributed by atoms with Gasteiger partial charge in [-0.2, -0.15) is 0 Å². The van der Waals surface area contributed by atoms with Crippen LogP contribution in [0.2, 0.25) is 0 Å². The van der Waals surface area contributed by atoms with Gasteiger partial charge in [-0.1, -0.05) is 19.9 Å². The SMILES string of the molecule is CC(C)CNc1cccc(C(=O)O)c1[N+](=O)[O-]. The molecule has 0 aliphatic rings. The minimum absolute atomic E-state index is 0.239. The zero-order valence-corrected chi connectivity index (χ0v) is 9.64. The van der Waals surface area contributed by atoms with E-state index in [1.54, 1.807) is 0 Å². The van der Waals surface area contributed by atoms with Gasteiger partial charge in [-0.25, -0.2) is 4.79 Å². The van der Waals surface area contributed by atoms with Crippen molar-refractivity contribution in [1.82, 2.24) is 0 Å². The summed E-state index contributed by atoms with van der Waals surface area (Å²) >= 11 is 0. The van der Waals surface area contributed by atoms with Gasteiger partial charge in [0.2, 0.25) is 0 Å². The molecule has 0 atom stereocenters. The molecule has 0 amide bonds. The largest absolute Gasteiger partial charge is 0.477 e. The number of carboxylic acid groups (broad SMARTS) is 1. The average Bonchev–Trinajstić information content (AvgIpc) is 2.25. The van der Waals surface area contributed by atoms with Gasteiger partial charge < -0.3 is 10.4 Å². The van der Waals surface area contributed by atoms with Crippen molar-refractivity contribution in [2.75, 3.05) is 11.9 Å². The van der Waals surface area contributed by atoms with Crippen LogP contribution in [-0.4, -0.2) is 22.5 Å². The quantitative estimate of drug-likeness (QED) is 0.606. The standard InChI is InChI=1S/C11H14N2O4/c1-7(2)6-12-9-5-3-4-8(11(14)15)10(9)13(16)17/h3-5,7,12H,6H2,1-2H3,(H,14,15). The summed E-state index contributed by atoms with van der Waals surface area (Å²) in [5.41, 5.74) is -0.451. The van der Waals surface area contributed by atoms with Crippen LogP contribution in [0.25, 0.3) is 0 Å². The molecule has 0 heterocycles. The molecule has 0 saturated carbocycles. The first kappa shape index (κ1) is 13.0. The molecule has 0 saturated heterocycles. The molecule has 0 aliphatic carbocycles. The van der Waals surface area contributed by atoms with Gasteiger partial charge in [-0.15, -0.1) is 0 Å². The number of nitro groups is 1. The number of aromatic carboxylic acids is 1. The number of hydrogen-bond acceptors (Lipinski definition) is 4. The lowest BCUT2D eigenvalue weighted by atomic mass is 10.1. The number of hydrogen-bond donors (Lipinski definition) is 2. The van der Waals surface area contributed by atoms with Crippen LogP contribution in [0.4, 0.5) is 11.4 Å². The van der Waals surface area contributed by atoms with Gasteiger partial charge in [0, 0.05) is 6.54 Å². The van der Waals surface area contributed by atoms with E-state index in [1.165, 1.54) is 18.2 Å². The van der Waals surface area contributed by atoms with Crippen LogP contribution in [0.15, 0.2) is 18.2 Å². The molecular weight excluding hydrogens is 224 g/mol. The minimum atomic E-state index is -1.30. The molecule has 0 aliphatic heterocycles. The fourth-order valence-electron chi connectivity index (χ4n) is 1.37. The van der Waals surface area contributed by atoms with Crippen LogP contribution in [-0.2, 0) is 0 Å². The van der Waals surface area contributed by atoms with Crippen molar-refractivity contribution in [2.45, 2.75) is 13.8 Å². The van der Waals surface area contributed by atoms with Crippen molar-refractivity contribution in [3.63, 3.8) is 0 Å². The number of benzene rings is 1. The lowest BCUT2D eigenvalue weighted by Gasteiger charge is -2.10. The average molecular weight is 238 g/mol. The summed E-state index contributed by atoms with van der Waals surface area (Å²) in [6.07, 6.45) is 0. The monoisotopic (exact) mass is 238 g/mol. The Hall–Kier alpha value is -2.11. The molecule has 1 rings (SSSR count). The number of nitro benzene ring substituents is 1. The number of rotatable bonds is 5. The van der Waals surface area contributed by atoms with Crippen molar-refractivity contribution in [1.29, 1.82) is 0 Å². The Morgan fingerprint density at radius 2 is 2.18 bits per heavy atom. The molecule has 17 heavy (non-hydrogen) atoms. The maximum absolute atomic E-state index is 10.9. The second kappa shape index (κ2) is 5.29. The molecule has 1 aromatic carbocycles. The smallest absolute Gasteiger partial charge is 0.342 e. The van der Waals surface area contributed by atoms with Gasteiger partial charge in [0.05, 0.1) is 4.92 Å². The fraction of sp³-hybridized carbons (Fsp3) is 0.364. The summed E-state index contributed by atoms with van der Waals surface area (Å²) in [6, 6.07) is 4.22. The molecular formula is C11H14N2O4. The molecule has 0 aromatic heterocycles. The van der Waals surface area contributed by atoms with Crippen LogP contribution in [0.5, 0.6) is 0 Å². The van der Waals surface area contributed by atoms with Gasteiger partial charge in [-0.05, 0) is 18.1 Å². The summed E-state index contributed by atoms with van der Waals surface area (Å²) < 4.78 is 0. The third-order valence-electron chi connectivity index (χ3n) is 2.15. The van der Waals surface area contributed by atoms with Crippen LogP contribution < -0.4 is 5.32 Å². The molecule has 0 bridgehead atoms. The van der Waals surface area contributed by atoms with E-state index in [9.17, 15) is 14.9 Å². The molecule has 0 spiro atoms. The van der Waals surface area contributed by atoms with E-state index in [4.69, 9.17) is 5.11 Å². The predicted molar refractivity (Wildman–Crippen MR) is 63.4 cm³/mol. The van der Waals surface area contributed by atoms with E-state index in [1.807, 2.05) is 13.8 Å². The van der Waals surface area contributed by atoms with E-state index in [0.29, 0.717) is 12.5 Å². The summed E-state index contributed by atoms with van der Waals surface area (Å²) in [5, 5.41) is 22.7. The highest BCUT2D eigenvalue weighted by Gasteiger charge is 2.23. The first-order chi connectivity index (χ1) is 7.93. The maximum atomic E-state index is 10.9. The Kier molecular flexibility index (Phi) is 4.03. The van der Waals surface area contributed by atoms with Gasteiger partial charge in [-0.3, -0.25) is 10.1 Å². The second-order valence-electron chi connectivity index (χ2n) is 4.04. The maximum Gasteiger partial charge on any atom is 0.342 e. The van der Waals surface area contributed by atoms with Crippen LogP contribution in [0, 0.1) is 16.0 Å². The third-order valence-corrected chi connectivity index (χ3v) is 2.15. The Labute approximate surface area is 98.4 Å². The highest BCUT2D eigenvalue weighted by Crippen LogP contribution is 2.28. The molecule has 6 heteroatoms. The first-order valence-corrected chi connectivity index (χ1v) is 5.18. The molecule has 92 valence electrons. The lowest BCUT2D eigenvalue weighted by Crippen LogP contribution is -2.11. The fourth-order valence-corrected chi connectivity index (χ4v) is 1.37. The Balaban J connectivity index is 3.16. The van der Waals surface area contributed by atoms with Crippen molar-refractivity contribution >= 4 is 17.3 Å². The summed E-state index contributed by atoms with van der Waals surface area (Å²) in [7, 11) is 0. The first-order valence-electron chi connectivity index (χ1n) is 5.18. The highest BCUT2D eigenvalue weighted by atomic mass is 16.6. The van der Waals surface area contributed by atoms with E-state index >= 15 is 0 Å². The van der Waals surface area contributed by atoms with Crippen molar-refractivity contribution in [3.8, 4) is 0 Å². The van der Waals surface area contributed by atoms with Crippen molar-refractivity contribution < 1.29 is 14.8 Å². The molecule has 1 aromatic rings. The van der Waals surface area contributed by atoms with E-state index in [0.717, 1.165) is 0 Å². The zero-order valence-electron chi connectivity index (χ0n) is 9.64. The number of nitrogens with one attached hydrogen (secondary N) is 1. The summed E-state index contributed by atoms with van der Waals surface area (Å²) in [4.78, 5) is 21.1. The number of para-hydroxylation sites is 1. The van der Waals surface area contributed by atoms with Crippen molar-refractivity contribution in [2.24, 2.45) is 5.92 Å². The van der Waals surface area contributed by atoms with Crippen molar-refractivity contribution in [3.05, 3.63) is 33.9 Å². The van der Waals surface area contributed by atoms with Crippen LogP contribution >= 0.6 is 0 Å². The Morgan fingerprint density at radius 3 is 2.65 bits per heavy atom. The Bertz CT molecular complexity index is 443. The van der Waals surface area contributed by atoms with E-state index in [-0.39, 0.29) is 16.9 Å². The molecule has 0 fully saturated rings. The predicted octanol–water partition coefficient (Wildman–Crippen LogP) is 2.36. The molecule has 0 unspecified atom stereocenters. The normalized spacial score (nSPS) is 10.3. The van der Waals surface area contributed by atoms with Gasteiger partial charge in [0.25, 0.3) is 0 Å². The zero-order chi connectivity index (χ0) is 13.0. The molecule has 0 radical (unpaired) electrons. The second-order valence-corrected chi connectivity index (χ2v) is 4.04. The number of carbonyl (C=O) groups is 1. The van der Waals surface area contributed by atoms with Gasteiger partial charge >= 0.3 is 11.7 Å². The number of nitrogens with zero attached hydrogens (tertiary/aromatic N) is 1. The minimum Gasteiger partial charge on any atom is -0.477 e. The molecule has 2 N–H and O–H groups in total. The summed E-state index contributed by atoms with van der Waals surface area (Å²) in [5.74, 6) is -0.993. The van der Waals surface area contributed by atoms with E-state index in [2.05, 4.69) is 5.32 Å². The number of carboxylic acids is 1. The van der Waals surface area contributed by atoms with Crippen LogP contribution in [0.3, 0.4) is 0 Å². The van der Waals surface area contributed by atoms with Crippen LogP contribution in [0.1, 0.15) is 24.2 Å². The third kappa shape index (κ3) is 3.17. The topological polar surface area (TPSA) is 92.5 Å².